The smallest absolute Gasteiger partial charge is 0.228 e. The number of rotatable bonds is 4. The first-order valence-corrected chi connectivity index (χ1v) is 7.29. The Labute approximate surface area is 124 Å². The third-order valence-electron chi connectivity index (χ3n) is 2.89. The molecule has 0 heterocycles. The Morgan fingerprint density at radius 2 is 2.05 bits per heavy atom. The maximum Gasteiger partial charge on any atom is 0.228 e. The van der Waals surface area contributed by atoms with Crippen molar-refractivity contribution in [3.63, 3.8) is 0 Å². The number of hydrogen-bond acceptors (Lipinski definition) is 2. The Morgan fingerprint density at radius 1 is 1.42 bits per heavy atom. The normalized spacial score (nSPS) is 13.2. The van der Waals surface area contributed by atoms with E-state index in [-0.39, 0.29) is 17.2 Å². The van der Waals surface area contributed by atoms with Crippen molar-refractivity contribution in [3.8, 4) is 0 Å². The van der Waals surface area contributed by atoms with E-state index in [1.54, 1.807) is 0 Å². The van der Waals surface area contributed by atoms with Gasteiger partial charge in [-0.05, 0) is 52.4 Å². The minimum Gasteiger partial charge on any atom is -0.330 e. The van der Waals surface area contributed by atoms with E-state index in [9.17, 15) is 4.79 Å². The van der Waals surface area contributed by atoms with Crippen molar-refractivity contribution in [2.24, 2.45) is 17.1 Å². The third-order valence-corrected chi connectivity index (χ3v) is 3.59. The van der Waals surface area contributed by atoms with Crippen molar-refractivity contribution in [1.29, 1.82) is 0 Å². The molecule has 0 aliphatic carbocycles. The summed E-state index contributed by atoms with van der Waals surface area (Å²) >= 11 is 3.45. The number of aryl methyl sites for hydroxylation is 1. The molecule has 1 unspecified atom stereocenters. The maximum atomic E-state index is 12.3. The quantitative estimate of drug-likeness (QED) is 0.886. The van der Waals surface area contributed by atoms with Crippen molar-refractivity contribution >= 4 is 27.5 Å². The number of amides is 1. The highest BCUT2D eigenvalue weighted by atomic mass is 79.9. The SMILES string of the molecule is Cc1ccc(Br)c(NC(=O)C(CN)CC(C)(C)C)c1. The lowest BCUT2D eigenvalue weighted by atomic mass is 9.84. The first-order valence-electron chi connectivity index (χ1n) is 6.50. The van der Waals surface area contributed by atoms with Gasteiger partial charge in [0.1, 0.15) is 0 Å². The molecule has 106 valence electrons. The lowest BCUT2D eigenvalue weighted by Gasteiger charge is -2.24. The summed E-state index contributed by atoms with van der Waals surface area (Å²) in [6.45, 7) is 8.72. The average Bonchev–Trinajstić information content (AvgIpc) is 2.29. The van der Waals surface area contributed by atoms with Crippen molar-refractivity contribution in [2.45, 2.75) is 34.1 Å². The van der Waals surface area contributed by atoms with Gasteiger partial charge in [0.25, 0.3) is 0 Å². The van der Waals surface area contributed by atoms with Crippen molar-refractivity contribution in [1.82, 2.24) is 0 Å². The van der Waals surface area contributed by atoms with Gasteiger partial charge in [-0.15, -0.1) is 0 Å². The van der Waals surface area contributed by atoms with Crippen LogP contribution in [0.15, 0.2) is 22.7 Å². The van der Waals surface area contributed by atoms with E-state index in [0.29, 0.717) is 6.54 Å². The largest absolute Gasteiger partial charge is 0.330 e. The van der Waals surface area contributed by atoms with Gasteiger partial charge in [-0.25, -0.2) is 0 Å². The zero-order valence-corrected chi connectivity index (χ0v) is 13.7. The van der Waals surface area contributed by atoms with Gasteiger partial charge in [0.2, 0.25) is 5.91 Å². The van der Waals surface area contributed by atoms with Gasteiger partial charge in [-0.1, -0.05) is 26.8 Å². The van der Waals surface area contributed by atoms with E-state index in [1.807, 2.05) is 25.1 Å². The van der Waals surface area contributed by atoms with Crippen LogP contribution in [0, 0.1) is 18.3 Å². The van der Waals surface area contributed by atoms with Gasteiger partial charge in [0, 0.05) is 11.0 Å². The molecule has 4 heteroatoms. The van der Waals surface area contributed by atoms with Crippen LogP contribution in [-0.4, -0.2) is 12.5 Å². The number of benzene rings is 1. The molecule has 1 atom stereocenters. The molecule has 0 saturated heterocycles. The minimum atomic E-state index is -0.160. The topological polar surface area (TPSA) is 55.1 Å². The summed E-state index contributed by atoms with van der Waals surface area (Å²) in [6.07, 6.45) is 0.777. The molecule has 1 aromatic carbocycles. The highest BCUT2D eigenvalue weighted by molar-refractivity contribution is 9.10. The zero-order valence-electron chi connectivity index (χ0n) is 12.1. The number of carbonyl (C=O) groups excluding carboxylic acids is 1. The highest BCUT2D eigenvalue weighted by Gasteiger charge is 2.24. The second-order valence-corrected chi connectivity index (χ2v) is 7.02. The van der Waals surface area contributed by atoms with Crippen LogP contribution in [0.25, 0.3) is 0 Å². The molecule has 0 radical (unpaired) electrons. The fraction of sp³-hybridized carbons (Fsp3) is 0.533. The van der Waals surface area contributed by atoms with Crippen LogP contribution in [0.1, 0.15) is 32.8 Å². The lowest BCUT2D eigenvalue weighted by Crippen LogP contribution is -2.32. The summed E-state index contributed by atoms with van der Waals surface area (Å²) in [6, 6.07) is 5.88. The average molecular weight is 327 g/mol. The molecule has 0 fully saturated rings. The Hall–Kier alpha value is -0.870. The molecule has 1 aromatic rings. The summed E-state index contributed by atoms with van der Waals surface area (Å²) in [5, 5.41) is 2.96. The monoisotopic (exact) mass is 326 g/mol. The number of nitrogens with one attached hydrogen (secondary N) is 1. The standard InChI is InChI=1S/C15H23BrN2O/c1-10-5-6-12(16)13(7-10)18-14(19)11(9-17)8-15(2,3)4/h5-7,11H,8-9,17H2,1-4H3,(H,18,19). The molecule has 0 aliphatic heterocycles. The molecule has 0 aliphatic rings. The molecule has 1 rings (SSSR count). The van der Waals surface area contributed by atoms with Gasteiger partial charge in [0.15, 0.2) is 0 Å². The van der Waals surface area contributed by atoms with E-state index >= 15 is 0 Å². The highest BCUT2D eigenvalue weighted by Crippen LogP contribution is 2.27. The third kappa shape index (κ3) is 5.33. The fourth-order valence-electron chi connectivity index (χ4n) is 1.99. The number of anilines is 1. The predicted molar refractivity (Wildman–Crippen MR) is 84.1 cm³/mol. The van der Waals surface area contributed by atoms with Gasteiger partial charge in [-0.2, -0.15) is 0 Å². The van der Waals surface area contributed by atoms with E-state index in [2.05, 4.69) is 42.0 Å². The number of nitrogens with two attached hydrogens (primary N) is 1. The summed E-state index contributed by atoms with van der Waals surface area (Å²) in [4.78, 5) is 12.3. The van der Waals surface area contributed by atoms with Gasteiger partial charge < -0.3 is 11.1 Å². The number of carbonyl (C=O) groups is 1. The Bertz CT molecular complexity index is 452. The molecule has 0 saturated carbocycles. The molecule has 3 N–H and O–H groups in total. The molecular weight excluding hydrogens is 304 g/mol. The molecule has 0 aromatic heterocycles. The lowest BCUT2D eigenvalue weighted by molar-refractivity contribution is -0.120. The first-order chi connectivity index (χ1) is 8.73. The fourth-order valence-corrected chi connectivity index (χ4v) is 2.34. The van der Waals surface area contributed by atoms with E-state index in [0.717, 1.165) is 22.1 Å². The Balaban J connectivity index is 2.80. The van der Waals surface area contributed by atoms with Crippen LogP contribution >= 0.6 is 15.9 Å². The molecule has 1 amide bonds. The van der Waals surface area contributed by atoms with Crippen LogP contribution in [0.4, 0.5) is 5.69 Å². The van der Waals surface area contributed by atoms with Crippen LogP contribution < -0.4 is 11.1 Å². The summed E-state index contributed by atoms with van der Waals surface area (Å²) in [7, 11) is 0. The van der Waals surface area contributed by atoms with Gasteiger partial charge >= 0.3 is 0 Å². The summed E-state index contributed by atoms with van der Waals surface area (Å²) in [5.74, 6) is -0.170. The number of hydrogen-bond donors (Lipinski definition) is 2. The molecule has 0 bridgehead atoms. The molecule has 0 spiro atoms. The molecule has 3 nitrogen and oxygen atoms in total. The second kappa shape index (κ2) is 6.53. The predicted octanol–water partition coefficient (Wildman–Crippen LogP) is 3.71. The van der Waals surface area contributed by atoms with Crippen LogP contribution in [-0.2, 0) is 4.79 Å². The van der Waals surface area contributed by atoms with Crippen LogP contribution in [0.2, 0.25) is 0 Å². The van der Waals surface area contributed by atoms with E-state index < -0.39 is 0 Å². The molecular formula is C15H23BrN2O. The van der Waals surface area contributed by atoms with Gasteiger partial charge in [0.05, 0.1) is 11.6 Å². The zero-order chi connectivity index (χ0) is 14.6. The minimum absolute atomic E-state index is 0.0104. The van der Waals surface area contributed by atoms with Gasteiger partial charge in [-0.3, -0.25) is 4.79 Å². The van der Waals surface area contributed by atoms with Crippen molar-refractivity contribution in [3.05, 3.63) is 28.2 Å². The molecule has 19 heavy (non-hydrogen) atoms. The van der Waals surface area contributed by atoms with Crippen LogP contribution in [0.5, 0.6) is 0 Å². The Morgan fingerprint density at radius 3 is 2.58 bits per heavy atom. The number of halogens is 1. The first kappa shape index (κ1) is 16.2. The second-order valence-electron chi connectivity index (χ2n) is 6.17. The van der Waals surface area contributed by atoms with E-state index in [1.165, 1.54) is 0 Å². The van der Waals surface area contributed by atoms with E-state index in [4.69, 9.17) is 5.73 Å². The maximum absolute atomic E-state index is 12.3. The summed E-state index contributed by atoms with van der Waals surface area (Å²) in [5.41, 5.74) is 7.73. The Kier molecular flexibility index (Phi) is 5.56. The van der Waals surface area contributed by atoms with Crippen LogP contribution in [0.3, 0.4) is 0 Å². The van der Waals surface area contributed by atoms with Crippen molar-refractivity contribution < 1.29 is 4.79 Å². The summed E-state index contributed by atoms with van der Waals surface area (Å²) < 4.78 is 0.887. The van der Waals surface area contributed by atoms with Crippen molar-refractivity contribution in [2.75, 3.05) is 11.9 Å².